The molecule has 126 valence electrons. The van der Waals surface area contributed by atoms with Gasteiger partial charge in [0.2, 0.25) is 5.91 Å². The average Bonchev–Trinajstić information content (AvgIpc) is 2.90. The minimum absolute atomic E-state index is 0.300. The highest BCUT2D eigenvalue weighted by Gasteiger charge is 2.36. The van der Waals surface area contributed by atoms with E-state index in [1.54, 1.807) is 6.07 Å². The standard InChI is InChI=1S/C16H22N2O4S/c1-2-5-9-8-12(13(17)19)15(23-9)18-14(20)10-6-3-4-7-11(10)16(21)22/h8,10-11H,2-7H2,1H3,(H2,17,19)(H,18,20)(H,21,22). The lowest BCUT2D eigenvalue weighted by Crippen LogP contribution is -2.36. The van der Waals surface area contributed by atoms with E-state index in [4.69, 9.17) is 5.73 Å². The van der Waals surface area contributed by atoms with Crippen molar-refractivity contribution in [3.8, 4) is 0 Å². The van der Waals surface area contributed by atoms with E-state index >= 15 is 0 Å². The zero-order valence-corrected chi connectivity index (χ0v) is 13.9. The first-order chi connectivity index (χ1) is 10.9. The summed E-state index contributed by atoms with van der Waals surface area (Å²) in [4.78, 5) is 36.4. The van der Waals surface area contributed by atoms with Gasteiger partial charge in [-0.1, -0.05) is 26.2 Å². The Morgan fingerprint density at radius 2 is 1.96 bits per heavy atom. The summed E-state index contributed by atoms with van der Waals surface area (Å²) >= 11 is 1.33. The lowest BCUT2D eigenvalue weighted by Gasteiger charge is -2.27. The number of nitrogens with one attached hydrogen (secondary N) is 1. The lowest BCUT2D eigenvalue weighted by molar-refractivity contribution is -0.147. The van der Waals surface area contributed by atoms with Crippen LogP contribution >= 0.6 is 11.3 Å². The summed E-state index contributed by atoms with van der Waals surface area (Å²) < 4.78 is 0. The van der Waals surface area contributed by atoms with Crippen LogP contribution in [0.15, 0.2) is 6.07 Å². The molecule has 0 aromatic carbocycles. The maximum atomic E-state index is 12.5. The number of aryl methyl sites for hydroxylation is 1. The van der Waals surface area contributed by atoms with Crippen molar-refractivity contribution in [1.29, 1.82) is 0 Å². The molecular weight excluding hydrogens is 316 g/mol. The van der Waals surface area contributed by atoms with Crippen LogP contribution in [0.2, 0.25) is 0 Å². The zero-order valence-electron chi connectivity index (χ0n) is 13.1. The maximum absolute atomic E-state index is 12.5. The van der Waals surface area contributed by atoms with Crippen LogP contribution in [0.25, 0.3) is 0 Å². The highest BCUT2D eigenvalue weighted by Crippen LogP contribution is 2.34. The summed E-state index contributed by atoms with van der Waals surface area (Å²) in [6, 6.07) is 1.71. The minimum atomic E-state index is -0.933. The molecule has 1 aliphatic carbocycles. The molecule has 1 saturated carbocycles. The SMILES string of the molecule is CCCc1cc(C(N)=O)c(NC(=O)C2CCCCC2C(=O)O)s1. The third kappa shape index (κ3) is 4.10. The molecule has 2 amide bonds. The number of carbonyl (C=O) groups excluding carboxylic acids is 2. The molecule has 2 unspecified atom stereocenters. The molecule has 7 heteroatoms. The fraction of sp³-hybridized carbons (Fsp3) is 0.562. The number of hydrogen-bond acceptors (Lipinski definition) is 4. The van der Waals surface area contributed by atoms with Gasteiger partial charge in [0, 0.05) is 4.88 Å². The quantitative estimate of drug-likeness (QED) is 0.740. The zero-order chi connectivity index (χ0) is 17.0. The number of nitrogens with two attached hydrogens (primary N) is 1. The Labute approximate surface area is 139 Å². The molecule has 1 fully saturated rings. The average molecular weight is 338 g/mol. The van der Waals surface area contributed by atoms with Crippen LogP contribution in [0.5, 0.6) is 0 Å². The number of aliphatic carboxylic acids is 1. The second kappa shape index (κ2) is 7.59. The van der Waals surface area contributed by atoms with E-state index in [-0.39, 0.29) is 5.91 Å². The minimum Gasteiger partial charge on any atom is -0.481 e. The van der Waals surface area contributed by atoms with Gasteiger partial charge in [-0.3, -0.25) is 14.4 Å². The first-order valence-corrected chi connectivity index (χ1v) is 8.71. The molecule has 4 N–H and O–H groups in total. The van der Waals surface area contributed by atoms with Crippen molar-refractivity contribution < 1.29 is 19.5 Å². The second-order valence-corrected chi connectivity index (χ2v) is 7.03. The van der Waals surface area contributed by atoms with Gasteiger partial charge in [-0.05, 0) is 25.3 Å². The van der Waals surface area contributed by atoms with Gasteiger partial charge in [-0.2, -0.15) is 0 Å². The summed E-state index contributed by atoms with van der Waals surface area (Å²) in [7, 11) is 0. The molecule has 2 rings (SSSR count). The molecular formula is C16H22N2O4S. The molecule has 0 saturated heterocycles. The van der Waals surface area contributed by atoms with E-state index in [1.165, 1.54) is 11.3 Å². The van der Waals surface area contributed by atoms with E-state index in [0.717, 1.165) is 30.6 Å². The van der Waals surface area contributed by atoms with Crippen LogP contribution in [-0.2, 0) is 16.0 Å². The normalized spacial score (nSPS) is 20.9. The first-order valence-electron chi connectivity index (χ1n) is 7.90. The number of carbonyl (C=O) groups is 3. The van der Waals surface area contributed by atoms with Crippen molar-refractivity contribution >= 4 is 34.1 Å². The number of amides is 2. The van der Waals surface area contributed by atoms with Gasteiger partial charge in [0.25, 0.3) is 5.91 Å². The Morgan fingerprint density at radius 3 is 2.52 bits per heavy atom. The van der Waals surface area contributed by atoms with E-state index in [9.17, 15) is 19.5 Å². The van der Waals surface area contributed by atoms with Crippen molar-refractivity contribution in [3.63, 3.8) is 0 Å². The van der Waals surface area contributed by atoms with Gasteiger partial charge >= 0.3 is 5.97 Å². The summed E-state index contributed by atoms with van der Waals surface area (Å²) in [5.41, 5.74) is 5.68. The van der Waals surface area contributed by atoms with Gasteiger partial charge in [0.05, 0.1) is 17.4 Å². The molecule has 1 heterocycles. The predicted octanol–water partition coefficient (Wildman–Crippen LogP) is 2.63. The van der Waals surface area contributed by atoms with Crippen LogP contribution in [-0.4, -0.2) is 22.9 Å². The Bertz CT molecular complexity index is 611. The molecule has 0 radical (unpaired) electrons. The van der Waals surface area contributed by atoms with Gasteiger partial charge in [0.15, 0.2) is 0 Å². The third-order valence-corrected chi connectivity index (χ3v) is 5.31. The lowest BCUT2D eigenvalue weighted by atomic mass is 9.79. The van der Waals surface area contributed by atoms with Crippen LogP contribution in [0, 0.1) is 11.8 Å². The molecule has 23 heavy (non-hydrogen) atoms. The van der Waals surface area contributed by atoms with Crippen LogP contribution in [0.4, 0.5) is 5.00 Å². The fourth-order valence-corrected chi connectivity index (χ4v) is 4.20. The van der Waals surface area contributed by atoms with Gasteiger partial charge in [-0.15, -0.1) is 11.3 Å². The summed E-state index contributed by atoms with van der Waals surface area (Å²) in [5.74, 6) is -3.06. The largest absolute Gasteiger partial charge is 0.481 e. The molecule has 0 spiro atoms. The number of anilines is 1. The summed E-state index contributed by atoms with van der Waals surface area (Å²) in [6.45, 7) is 2.03. The number of thiophene rings is 1. The van der Waals surface area contributed by atoms with E-state index in [0.29, 0.717) is 23.4 Å². The molecule has 1 aromatic rings. The topological polar surface area (TPSA) is 109 Å². The Hall–Kier alpha value is -1.89. The second-order valence-electron chi connectivity index (χ2n) is 5.89. The summed E-state index contributed by atoms with van der Waals surface area (Å²) in [5, 5.41) is 12.5. The Morgan fingerprint density at radius 1 is 1.30 bits per heavy atom. The third-order valence-electron chi connectivity index (χ3n) is 4.20. The molecule has 0 bridgehead atoms. The van der Waals surface area contributed by atoms with Gasteiger partial charge < -0.3 is 16.2 Å². The number of primary amides is 1. The van der Waals surface area contributed by atoms with E-state index < -0.39 is 23.7 Å². The number of rotatable bonds is 6. The van der Waals surface area contributed by atoms with Crippen molar-refractivity contribution in [2.45, 2.75) is 45.4 Å². The molecule has 1 aliphatic rings. The van der Waals surface area contributed by atoms with Gasteiger partial charge in [0.1, 0.15) is 5.00 Å². The van der Waals surface area contributed by atoms with Crippen LogP contribution in [0.1, 0.15) is 54.3 Å². The van der Waals surface area contributed by atoms with Crippen LogP contribution < -0.4 is 11.1 Å². The van der Waals surface area contributed by atoms with Crippen molar-refractivity contribution in [1.82, 2.24) is 0 Å². The molecule has 0 aliphatic heterocycles. The van der Waals surface area contributed by atoms with E-state index in [2.05, 4.69) is 5.32 Å². The Kier molecular flexibility index (Phi) is 5.76. The monoisotopic (exact) mass is 338 g/mol. The fourth-order valence-electron chi connectivity index (χ4n) is 3.03. The molecule has 1 aromatic heterocycles. The predicted molar refractivity (Wildman–Crippen MR) is 88.5 cm³/mol. The Balaban J connectivity index is 2.18. The molecule has 6 nitrogen and oxygen atoms in total. The van der Waals surface area contributed by atoms with Gasteiger partial charge in [-0.25, -0.2) is 0 Å². The van der Waals surface area contributed by atoms with Crippen LogP contribution in [0.3, 0.4) is 0 Å². The highest BCUT2D eigenvalue weighted by molar-refractivity contribution is 7.16. The number of carboxylic acids is 1. The highest BCUT2D eigenvalue weighted by atomic mass is 32.1. The van der Waals surface area contributed by atoms with Crippen molar-refractivity contribution in [2.24, 2.45) is 17.6 Å². The van der Waals surface area contributed by atoms with Crippen molar-refractivity contribution in [3.05, 3.63) is 16.5 Å². The molecule has 2 atom stereocenters. The van der Waals surface area contributed by atoms with Crippen molar-refractivity contribution in [2.75, 3.05) is 5.32 Å². The summed E-state index contributed by atoms with van der Waals surface area (Å²) in [6.07, 6.45) is 4.48. The maximum Gasteiger partial charge on any atom is 0.307 e. The number of hydrogen-bond donors (Lipinski definition) is 3. The first kappa shape index (κ1) is 17.5. The number of carboxylic acid groups (broad SMARTS) is 1. The van der Waals surface area contributed by atoms with E-state index in [1.807, 2.05) is 6.92 Å². The smallest absolute Gasteiger partial charge is 0.307 e.